The van der Waals surface area contributed by atoms with Crippen LogP contribution in [0.3, 0.4) is 0 Å². The van der Waals surface area contributed by atoms with Crippen molar-refractivity contribution in [2.75, 3.05) is 52.7 Å². The first-order valence-corrected chi connectivity index (χ1v) is 17.1. The molecule has 0 aromatic rings. The zero-order valence-corrected chi connectivity index (χ0v) is 27.9. The van der Waals surface area contributed by atoms with Gasteiger partial charge in [-0.15, -0.1) is 18.4 Å². The molecule has 11 nitrogen and oxygen atoms in total. The Labute approximate surface area is 274 Å². The Hall–Kier alpha value is -3.26. The Bertz CT molecular complexity index is 1050. The van der Waals surface area contributed by atoms with Gasteiger partial charge in [-0.05, 0) is 61.2 Å². The van der Waals surface area contributed by atoms with E-state index in [0.29, 0.717) is 48.7 Å². The van der Waals surface area contributed by atoms with Gasteiger partial charge in [0.15, 0.2) is 0 Å². The summed E-state index contributed by atoms with van der Waals surface area (Å²) >= 11 is 0. The number of carbonyl (C=O) groups excluding carboxylic acids is 4. The van der Waals surface area contributed by atoms with E-state index in [-0.39, 0.29) is 39.5 Å². The van der Waals surface area contributed by atoms with Crippen LogP contribution in [0.2, 0.25) is 0 Å². The molecule has 0 radical (unpaired) electrons. The van der Waals surface area contributed by atoms with Crippen LogP contribution in [-0.4, -0.2) is 76.9 Å². The predicted molar refractivity (Wildman–Crippen MR) is 171 cm³/mol. The number of fused-ring (bicyclic) bond motifs is 1. The van der Waals surface area contributed by atoms with Gasteiger partial charge in [0.05, 0.1) is 38.3 Å². The van der Waals surface area contributed by atoms with Gasteiger partial charge in [-0.2, -0.15) is 0 Å². The van der Waals surface area contributed by atoms with E-state index in [2.05, 4.69) is 36.0 Å². The monoisotopic (exact) mass is 646 g/mol. The lowest BCUT2D eigenvalue weighted by atomic mass is 10.1. The van der Waals surface area contributed by atoms with Gasteiger partial charge in [-0.1, -0.05) is 39.7 Å². The fraction of sp³-hybridized carbons (Fsp3) is 0.771. The van der Waals surface area contributed by atoms with E-state index < -0.39 is 36.0 Å². The fourth-order valence-corrected chi connectivity index (χ4v) is 6.43. The van der Waals surface area contributed by atoms with Gasteiger partial charge < -0.3 is 34.3 Å². The van der Waals surface area contributed by atoms with Gasteiger partial charge in [0.25, 0.3) is 0 Å². The standard InChI is InChI=1S/C35H54N2O9/c1-5-7-13-27-26(12-6-2)30(27)22-45-34(40)36-20-24(3)32(38)43-18-16-42-17-19-44-33(39)25(4)21-37-35(41)46-23-31-28-14-10-8-9-11-15-29(28)31/h5,24-31H,1,6-7,10-23H2,2-4H3,(H,36,40)(H,37,41)/t24?,25?,26-,27+,28-,29+,30-,31?/m1/s1. The molecule has 0 aromatic heterocycles. The number of hydrogen-bond acceptors (Lipinski definition) is 9. The molecule has 8 atom stereocenters. The summed E-state index contributed by atoms with van der Waals surface area (Å²) < 4.78 is 26.6. The van der Waals surface area contributed by atoms with Gasteiger partial charge >= 0.3 is 24.1 Å². The van der Waals surface area contributed by atoms with Crippen LogP contribution in [0.15, 0.2) is 12.7 Å². The minimum atomic E-state index is -0.544. The van der Waals surface area contributed by atoms with E-state index in [0.717, 1.165) is 51.4 Å². The normalized spacial score (nSPS) is 25.5. The van der Waals surface area contributed by atoms with E-state index in [9.17, 15) is 19.2 Å². The van der Waals surface area contributed by atoms with E-state index in [1.165, 1.54) is 0 Å². The minimum absolute atomic E-state index is 0.0344. The summed E-state index contributed by atoms with van der Waals surface area (Å²) in [6.45, 7) is 10.6. The second-order valence-corrected chi connectivity index (χ2v) is 12.8. The Kier molecular flexibility index (Phi) is 16.2. The molecule has 0 saturated heterocycles. The maximum absolute atomic E-state index is 12.2. The lowest BCUT2D eigenvalue weighted by Gasteiger charge is -2.14. The largest absolute Gasteiger partial charge is 0.463 e. The molecule has 46 heavy (non-hydrogen) atoms. The van der Waals surface area contributed by atoms with Crippen molar-refractivity contribution in [2.24, 2.45) is 47.3 Å². The number of alkyl carbamates (subject to hydrolysis) is 2. The molecule has 0 spiro atoms. The molecule has 258 valence electrons. The summed E-state index contributed by atoms with van der Waals surface area (Å²) in [6, 6.07) is 0. The number of esters is 2. The second-order valence-electron chi connectivity index (χ2n) is 12.8. The van der Waals surface area contributed by atoms with Crippen LogP contribution in [0.25, 0.3) is 0 Å². The first kappa shape index (κ1) is 37.2. The molecular formula is C35H54N2O9. The molecule has 2 amide bonds. The minimum Gasteiger partial charge on any atom is -0.463 e. The maximum Gasteiger partial charge on any atom is 0.407 e. The Morgan fingerprint density at radius 3 is 1.74 bits per heavy atom. The van der Waals surface area contributed by atoms with Crippen molar-refractivity contribution in [3.63, 3.8) is 0 Å². The van der Waals surface area contributed by atoms with Crippen molar-refractivity contribution in [3.05, 3.63) is 12.7 Å². The number of hydrogen-bond donors (Lipinski definition) is 2. The summed E-state index contributed by atoms with van der Waals surface area (Å²) in [7, 11) is 0. The smallest absolute Gasteiger partial charge is 0.407 e. The Balaban J connectivity index is 1.13. The molecule has 2 fully saturated rings. The third-order valence-corrected chi connectivity index (χ3v) is 9.34. The number of rotatable bonds is 21. The summed E-state index contributed by atoms with van der Waals surface area (Å²) in [5, 5.41) is 5.27. The van der Waals surface area contributed by atoms with Crippen LogP contribution in [0, 0.1) is 59.2 Å². The van der Waals surface area contributed by atoms with Gasteiger partial charge in [-0.3, -0.25) is 9.59 Å². The van der Waals surface area contributed by atoms with Crippen molar-refractivity contribution < 1.29 is 42.9 Å². The summed E-state index contributed by atoms with van der Waals surface area (Å²) in [6.07, 6.45) is 9.15. The quantitative estimate of drug-likeness (QED) is 0.0587. The van der Waals surface area contributed by atoms with E-state index >= 15 is 0 Å². The zero-order chi connectivity index (χ0) is 33.3. The average Bonchev–Trinajstić information content (AvgIpc) is 3.91. The summed E-state index contributed by atoms with van der Waals surface area (Å²) in [5.41, 5.74) is 0. The third kappa shape index (κ3) is 12.9. The third-order valence-electron chi connectivity index (χ3n) is 9.34. The molecule has 11 heteroatoms. The highest BCUT2D eigenvalue weighted by Crippen LogP contribution is 2.53. The first-order chi connectivity index (χ1) is 22.3. The molecule has 2 N–H and O–H groups in total. The van der Waals surface area contributed by atoms with Gasteiger partial charge in [0, 0.05) is 25.9 Å². The number of ether oxygens (including phenoxy) is 5. The summed E-state index contributed by atoms with van der Waals surface area (Å²) in [4.78, 5) is 48.6. The zero-order valence-electron chi connectivity index (χ0n) is 27.9. The Morgan fingerprint density at radius 2 is 1.24 bits per heavy atom. The van der Waals surface area contributed by atoms with Crippen molar-refractivity contribution in [1.82, 2.24) is 10.6 Å². The lowest BCUT2D eigenvalue weighted by Crippen LogP contribution is -2.33. The fourth-order valence-electron chi connectivity index (χ4n) is 6.43. The number of allylic oxidation sites excluding steroid dienone is 1. The maximum atomic E-state index is 12.2. The average molecular weight is 647 g/mol. The molecule has 3 unspecified atom stereocenters. The SMILES string of the molecule is C=CCC[C@H]1[C@@H](CCC)[C@H]1COC(=O)NCC(C)C(=O)OCCOCCOC(=O)C(C)CNC(=O)OCC1[C@H]2CCC#CCC[C@@H]12. The van der Waals surface area contributed by atoms with Crippen LogP contribution in [0.5, 0.6) is 0 Å². The molecule has 0 aromatic carbocycles. The molecule has 3 rings (SSSR count). The predicted octanol–water partition coefficient (Wildman–Crippen LogP) is 4.88. The van der Waals surface area contributed by atoms with Crippen LogP contribution in [0.1, 0.15) is 72.1 Å². The van der Waals surface area contributed by atoms with E-state index in [4.69, 9.17) is 23.7 Å². The van der Waals surface area contributed by atoms with Crippen LogP contribution in [-0.2, 0) is 33.3 Å². The molecule has 0 heterocycles. The van der Waals surface area contributed by atoms with Crippen LogP contribution in [0.4, 0.5) is 9.59 Å². The Morgan fingerprint density at radius 1 is 0.739 bits per heavy atom. The molecule has 0 bridgehead atoms. The molecule has 3 aliphatic rings. The van der Waals surface area contributed by atoms with Crippen LogP contribution >= 0.6 is 0 Å². The van der Waals surface area contributed by atoms with E-state index in [1.54, 1.807) is 13.8 Å². The highest BCUT2D eigenvalue weighted by atomic mass is 16.6. The van der Waals surface area contributed by atoms with Gasteiger partial charge in [0.1, 0.15) is 13.2 Å². The van der Waals surface area contributed by atoms with Crippen molar-refractivity contribution in [2.45, 2.75) is 72.1 Å². The lowest BCUT2D eigenvalue weighted by molar-refractivity contribution is -0.150. The molecular weight excluding hydrogens is 592 g/mol. The second kappa shape index (κ2) is 20.1. The molecule has 3 aliphatic carbocycles. The topological polar surface area (TPSA) is 138 Å². The highest BCUT2D eigenvalue weighted by molar-refractivity contribution is 5.74. The number of carbonyl (C=O) groups is 4. The number of amides is 2. The summed E-state index contributed by atoms with van der Waals surface area (Å²) in [5.74, 6) is 7.56. The van der Waals surface area contributed by atoms with Crippen molar-refractivity contribution in [3.8, 4) is 11.8 Å². The van der Waals surface area contributed by atoms with Crippen LogP contribution < -0.4 is 10.6 Å². The molecule has 2 saturated carbocycles. The first-order valence-electron chi connectivity index (χ1n) is 17.1. The van der Waals surface area contributed by atoms with E-state index in [1.807, 2.05) is 6.08 Å². The highest BCUT2D eigenvalue weighted by Gasteiger charge is 2.49. The van der Waals surface area contributed by atoms with Crippen molar-refractivity contribution in [1.29, 1.82) is 0 Å². The van der Waals surface area contributed by atoms with Gasteiger partial charge in [-0.25, -0.2) is 9.59 Å². The molecule has 0 aliphatic heterocycles. The number of nitrogens with one attached hydrogen (secondary N) is 2. The van der Waals surface area contributed by atoms with Gasteiger partial charge in [0.2, 0.25) is 0 Å². The van der Waals surface area contributed by atoms with Crippen molar-refractivity contribution >= 4 is 24.1 Å².